The molecule has 5 nitrogen and oxygen atoms in total. The van der Waals surface area contributed by atoms with Gasteiger partial charge < -0.3 is 9.47 Å². The highest BCUT2D eigenvalue weighted by Gasteiger charge is 2.47. The van der Waals surface area contributed by atoms with Crippen molar-refractivity contribution in [2.24, 2.45) is 5.92 Å². The van der Waals surface area contributed by atoms with E-state index in [9.17, 15) is 9.59 Å². The normalized spacial score (nSPS) is 22.4. The first kappa shape index (κ1) is 24.6. The number of fused-ring (bicyclic) bond motifs is 8. The summed E-state index contributed by atoms with van der Waals surface area (Å²) in [5.41, 5.74) is 9.32. The smallest absolute Gasteiger partial charge is 0.410 e. The highest BCUT2D eigenvalue weighted by molar-refractivity contribution is 5.98. The zero-order chi connectivity index (χ0) is 27.5. The lowest BCUT2D eigenvalue weighted by atomic mass is 9.76. The molecule has 0 spiro atoms. The molecule has 2 aliphatic heterocycles. The Hall–Kier alpha value is -4.22. The Balaban J connectivity index is 1.01. The summed E-state index contributed by atoms with van der Waals surface area (Å²) >= 11 is 0. The van der Waals surface area contributed by atoms with Crippen molar-refractivity contribution in [3.63, 3.8) is 0 Å². The van der Waals surface area contributed by atoms with Crippen molar-refractivity contribution in [2.45, 2.75) is 36.8 Å². The molecule has 2 heterocycles. The second kappa shape index (κ2) is 9.71. The minimum atomic E-state index is -0.299. The molecule has 2 fully saturated rings. The molecular weight excluding hydrogens is 510 g/mol. The molecule has 4 aromatic rings. The lowest BCUT2D eigenvalue weighted by molar-refractivity contribution is -0.131. The summed E-state index contributed by atoms with van der Waals surface area (Å²) in [6.45, 7) is 1.16. The van der Waals surface area contributed by atoms with Crippen molar-refractivity contribution >= 4 is 11.9 Å². The van der Waals surface area contributed by atoms with Crippen LogP contribution in [0.3, 0.4) is 0 Å². The van der Waals surface area contributed by atoms with Gasteiger partial charge in [0.25, 0.3) is 0 Å². The molecule has 2 atom stereocenters. The number of carbonyl (C=O) groups is 2. The zero-order valence-electron chi connectivity index (χ0n) is 22.7. The molecule has 2 bridgehead atoms. The van der Waals surface area contributed by atoms with Crippen LogP contribution < -0.4 is 0 Å². The van der Waals surface area contributed by atoms with Gasteiger partial charge in [-0.3, -0.25) is 9.69 Å². The Morgan fingerprint density at radius 3 is 1.61 bits per heavy atom. The third kappa shape index (κ3) is 3.86. The maximum absolute atomic E-state index is 14.2. The zero-order valence-corrected chi connectivity index (χ0v) is 22.7. The first-order valence-corrected chi connectivity index (χ1v) is 14.6. The number of Topliss-reactive ketones (excluding diaryl/α,β-unsaturated/α-hetero) is 1. The fourth-order valence-electron chi connectivity index (χ4n) is 7.81. The van der Waals surface area contributed by atoms with E-state index in [4.69, 9.17) is 9.47 Å². The van der Waals surface area contributed by atoms with Crippen LogP contribution in [0.4, 0.5) is 4.79 Å². The van der Waals surface area contributed by atoms with E-state index in [1.54, 1.807) is 0 Å². The quantitative estimate of drug-likeness (QED) is 0.285. The van der Waals surface area contributed by atoms with Crippen LogP contribution in [0, 0.1) is 5.92 Å². The molecule has 4 aromatic carbocycles. The van der Waals surface area contributed by atoms with Crippen LogP contribution in [0.1, 0.15) is 46.9 Å². The fourth-order valence-corrected chi connectivity index (χ4v) is 7.81. The van der Waals surface area contributed by atoms with E-state index in [1.807, 2.05) is 41.3 Å². The third-order valence-electron chi connectivity index (χ3n) is 9.59. The average Bonchev–Trinajstić information content (AvgIpc) is 3.52. The third-order valence-corrected chi connectivity index (χ3v) is 9.59. The molecule has 0 aromatic heterocycles. The van der Waals surface area contributed by atoms with Crippen molar-refractivity contribution in [1.29, 1.82) is 0 Å². The minimum absolute atomic E-state index is 0.0176. The predicted octanol–water partition coefficient (Wildman–Crippen LogP) is 6.80. The lowest BCUT2D eigenvalue weighted by Gasteiger charge is -2.47. The van der Waals surface area contributed by atoms with Gasteiger partial charge >= 0.3 is 6.09 Å². The topological polar surface area (TPSA) is 55.8 Å². The number of benzene rings is 4. The molecule has 2 aliphatic carbocycles. The lowest BCUT2D eigenvalue weighted by Crippen LogP contribution is -2.60. The maximum Gasteiger partial charge on any atom is 0.410 e. The summed E-state index contributed by atoms with van der Waals surface area (Å²) < 4.78 is 11.9. The van der Waals surface area contributed by atoms with Crippen LogP contribution in [0.2, 0.25) is 0 Å². The minimum Gasteiger partial charge on any atom is -0.448 e. The van der Waals surface area contributed by atoms with Crippen LogP contribution in [-0.4, -0.2) is 48.7 Å². The van der Waals surface area contributed by atoms with Gasteiger partial charge in [-0.1, -0.05) is 97.1 Å². The molecule has 8 rings (SSSR count). The van der Waals surface area contributed by atoms with Crippen molar-refractivity contribution in [3.05, 3.63) is 119 Å². The molecule has 0 N–H and O–H groups in total. The average molecular weight is 542 g/mol. The summed E-state index contributed by atoms with van der Waals surface area (Å²) in [4.78, 5) is 29.7. The van der Waals surface area contributed by atoms with Gasteiger partial charge in [-0.05, 0) is 57.3 Å². The van der Waals surface area contributed by atoms with Gasteiger partial charge in [-0.2, -0.15) is 0 Å². The van der Waals surface area contributed by atoms with Gasteiger partial charge in [0.1, 0.15) is 12.4 Å². The molecule has 41 heavy (non-hydrogen) atoms. The maximum atomic E-state index is 14.2. The fraction of sp³-hybridized carbons (Fsp3) is 0.278. The number of carbonyl (C=O) groups excluding carboxylic acids is 2. The van der Waals surface area contributed by atoms with Crippen molar-refractivity contribution < 1.29 is 19.1 Å². The Labute approximate surface area is 239 Å². The van der Waals surface area contributed by atoms with E-state index < -0.39 is 0 Å². The highest BCUT2D eigenvalue weighted by Crippen LogP contribution is 2.48. The van der Waals surface area contributed by atoms with Crippen molar-refractivity contribution in [1.82, 2.24) is 4.90 Å². The monoisotopic (exact) mass is 541 g/mol. The number of rotatable bonds is 4. The van der Waals surface area contributed by atoms with Gasteiger partial charge in [0.2, 0.25) is 0 Å². The number of morpholine rings is 1. The first-order chi connectivity index (χ1) is 20.2. The number of ketones is 1. The Kier molecular flexibility index (Phi) is 5.82. The highest BCUT2D eigenvalue weighted by atomic mass is 16.6. The van der Waals surface area contributed by atoms with E-state index in [-0.39, 0.29) is 41.7 Å². The van der Waals surface area contributed by atoms with Gasteiger partial charge in [-0.25, -0.2) is 4.79 Å². The first-order valence-electron chi connectivity index (χ1n) is 14.6. The summed E-state index contributed by atoms with van der Waals surface area (Å²) in [7, 11) is 0. The van der Waals surface area contributed by atoms with Gasteiger partial charge in [0, 0.05) is 11.8 Å². The van der Waals surface area contributed by atoms with Crippen molar-refractivity contribution in [3.8, 4) is 22.3 Å². The number of piperidine rings is 1. The Morgan fingerprint density at radius 1 is 0.659 bits per heavy atom. The second-order valence-electron chi connectivity index (χ2n) is 11.7. The number of hydrogen-bond acceptors (Lipinski definition) is 4. The van der Waals surface area contributed by atoms with Crippen LogP contribution in [0.15, 0.2) is 97.1 Å². The second-order valence-corrected chi connectivity index (χ2v) is 11.7. The molecule has 2 unspecified atom stereocenters. The Morgan fingerprint density at radius 2 is 1.10 bits per heavy atom. The van der Waals surface area contributed by atoms with E-state index in [1.165, 1.54) is 22.3 Å². The molecular formula is C36H31NO4. The van der Waals surface area contributed by atoms with E-state index in [0.717, 1.165) is 22.3 Å². The molecule has 2 saturated heterocycles. The number of nitrogens with zero attached hydrogens (tertiary/aromatic N) is 1. The molecule has 1 amide bonds. The van der Waals surface area contributed by atoms with E-state index in [2.05, 4.69) is 60.7 Å². The summed E-state index contributed by atoms with van der Waals surface area (Å²) in [6, 6.07) is 32.9. The molecule has 5 heteroatoms. The molecule has 0 radical (unpaired) electrons. The summed E-state index contributed by atoms with van der Waals surface area (Å²) in [5, 5.41) is 0. The van der Waals surface area contributed by atoms with Gasteiger partial charge in [0.15, 0.2) is 0 Å². The number of hydrogen-bond donors (Lipinski definition) is 0. The van der Waals surface area contributed by atoms with Gasteiger partial charge in [0.05, 0.1) is 31.2 Å². The molecule has 4 aliphatic rings. The largest absolute Gasteiger partial charge is 0.448 e. The summed E-state index contributed by atoms with van der Waals surface area (Å²) in [5.74, 6) is -0.110. The van der Waals surface area contributed by atoms with Crippen LogP contribution in [0.5, 0.6) is 0 Å². The van der Waals surface area contributed by atoms with E-state index >= 15 is 0 Å². The van der Waals surface area contributed by atoms with Crippen LogP contribution >= 0.6 is 0 Å². The Bertz CT molecular complexity index is 1570. The standard InChI is InChI=1S/C36H31NO4/c38-35(34-31-15-7-5-11-27(31)28-12-6-8-16-32(28)34)22-17-23-19-40-20-24(18-22)37(23)36(39)41-21-33-29-13-3-1-9-25(29)26-10-2-4-14-30(26)33/h1-16,22-24,33-34H,17-21H2. The number of amides is 1. The van der Waals surface area contributed by atoms with E-state index in [0.29, 0.717) is 32.7 Å². The van der Waals surface area contributed by atoms with Crippen molar-refractivity contribution in [2.75, 3.05) is 19.8 Å². The summed E-state index contributed by atoms with van der Waals surface area (Å²) in [6.07, 6.45) is 0.897. The predicted molar refractivity (Wildman–Crippen MR) is 157 cm³/mol. The van der Waals surface area contributed by atoms with Crippen LogP contribution in [0.25, 0.3) is 22.3 Å². The number of ether oxygens (including phenoxy) is 2. The van der Waals surface area contributed by atoms with Crippen LogP contribution in [-0.2, 0) is 14.3 Å². The molecule has 204 valence electrons. The van der Waals surface area contributed by atoms with Gasteiger partial charge in [-0.15, -0.1) is 0 Å². The molecule has 0 saturated carbocycles. The SMILES string of the molecule is O=C(C1CC2COCC(C1)N2C(=O)OCC1c2ccccc2-c2ccccc21)C1c2ccccc2-c2ccccc21.